The van der Waals surface area contributed by atoms with Crippen molar-refractivity contribution in [3.8, 4) is 0 Å². The van der Waals surface area contributed by atoms with Crippen LogP contribution in [0.4, 0.5) is 13.2 Å². The Morgan fingerprint density at radius 3 is 2.44 bits per heavy atom. The number of aromatic nitrogens is 2. The van der Waals surface area contributed by atoms with Gasteiger partial charge in [-0.05, 0) is 35.9 Å². The molecule has 0 atom stereocenters. The Morgan fingerprint density at radius 2 is 1.84 bits per heavy atom. The topological polar surface area (TPSA) is 66.9 Å². The van der Waals surface area contributed by atoms with Gasteiger partial charge in [-0.1, -0.05) is 12.1 Å². The molecule has 0 radical (unpaired) electrons. The number of H-pyrrole nitrogens is 1. The second-order valence-electron chi connectivity index (χ2n) is 5.52. The number of carbonyl (C=O) groups excluding carboxylic acids is 1. The molecule has 0 aliphatic carbocycles. The lowest BCUT2D eigenvalue weighted by atomic mass is 10.1. The molecule has 2 N–H and O–H groups in total. The number of alkyl halides is 3. The minimum Gasteiger partial charge on any atom is -0.355 e. The van der Waals surface area contributed by atoms with Gasteiger partial charge >= 0.3 is 11.9 Å². The normalized spacial score (nSPS) is 11.7. The molecule has 3 aromatic rings. The number of fused-ring (bicyclic) bond motifs is 1. The molecule has 0 aliphatic heterocycles. The van der Waals surface area contributed by atoms with E-state index < -0.39 is 17.4 Å². The lowest BCUT2D eigenvalue weighted by molar-refractivity contribution is -0.137. The van der Waals surface area contributed by atoms with E-state index in [9.17, 15) is 22.8 Å². The molecular formula is C17H14F3N3O2. The van der Waals surface area contributed by atoms with Crippen molar-refractivity contribution < 1.29 is 18.0 Å². The fourth-order valence-corrected chi connectivity index (χ4v) is 2.59. The molecular weight excluding hydrogens is 335 g/mol. The number of carbonyl (C=O) groups is 1. The highest BCUT2D eigenvalue weighted by Gasteiger charge is 2.30. The maximum atomic E-state index is 12.8. The minimum atomic E-state index is -4.47. The Balaban J connectivity index is 1.95. The van der Waals surface area contributed by atoms with E-state index >= 15 is 0 Å². The molecule has 1 heterocycles. The molecule has 130 valence electrons. The van der Waals surface area contributed by atoms with Gasteiger partial charge in [0.25, 0.3) is 5.91 Å². The molecule has 1 aromatic heterocycles. The highest BCUT2D eigenvalue weighted by atomic mass is 19.4. The first-order valence-electron chi connectivity index (χ1n) is 7.40. The first-order chi connectivity index (χ1) is 11.8. The summed E-state index contributed by atoms with van der Waals surface area (Å²) in [5.74, 6) is -0.226. The van der Waals surface area contributed by atoms with Crippen molar-refractivity contribution in [2.75, 3.05) is 7.05 Å². The van der Waals surface area contributed by atoms with Crippen LogP contribution in [-0.2, 0) is 12.7 Å². The second-order valence-corrected chi connectivity index (χ2v) is 5.52. The Kier molecular flexibility index (Phi) is 4.12. The third-order valence-corrected chi connectivity index (χ3v) is 3.89. The Bertz CT molecular complexity index is 985. The minimum absolute atomic E-state index is 0.127. The number of rotatable bonds is 3. The van der Waals surface area contributed by atoms with Crippen LogP contribution in [0.1, 0.15) is 21.5 Å². The number of nitrogens with zero attached hydrogens (tertiary/aromatic N) is 1. The second kappa shape index (κ2) is 6.12. The SMILES string of the molecule is CNC(=O)c1ccc(Cn2c(=O)[nH]c3cc(C(F)(F)F)ccc32)cc1. The van der Waals surface area contributed by atoms with Crippen molar-refractivity contribution in [3.05, 3.63) is 69.6 Å². The molecule has 8 heteroatoms. The van der Waals surface area contributed by atoms with E-state index in [4.69, 9.17) is 0 Å². The van der Waals surface area contributed by atoms with E-state index in [1.165, 1.54) is 17.7 Å². The van der Waals surface area contributed by atoms with Crippen LogP contribution in [0.25, 0.3) is 11.0 Å². The molecule has 0 unspecified atom stereocenters. The van der Waals surface area contributed by atoms with Gasteiger partial charge < -0.3 is 10.3 Å². The summed E-state index contributed by atoms with van der Waals surface area (Å²) in [5, 5.41) is 2.51. The van der Waals surface area contributed by atoms with Crippen molar-refractivity contribution >= 4 is 16.9 Å². The number of benzene rings is 2. The quantitative estimate of drug-likeness (QED) is 0.764. The van der Waals surface area contributed by atoms with Crippen molar-refractivity contribution in [2.24, 2.45) is 0 Å². The zero-order chi connectivity index (χ0) is 18.2. The fourth-order valence-electron chi connectivity index (χ4n) is 2.59. The summed E-state index contributed by atoms with van der Waals surface area (Å²) in [7, 11) is 1.52. The maximum Gasteiger partial charge on any atom is 0.416 e. The number of aromatic amines is 1. The van der Waals surface area contributed by atoms with Gasteiger partial charge in [0.15, 0.2) is 0 Å². The van der Waals surface area contributed by atoms with Gasteiger partial charge in [-0.2, -0.15) is 13.2 Å². The molecule has 25 heavy (non-hydrogen) atoms. The van der Waals surface area contributed by atoms with Crippen LogP contribution < -0.4 is 11.0 Å². The number of imidazole rings is 1. The third-order valence-electron chi connectivity index (χ3n) is 3.89. The molecule has 1 amide bonds. The fraction of sp³-hybridized carbons (Fsp3) is 0.176. The summed E-state index contributed by atoms with van der Waals surface area (Å²) >= 11 is 0. The molecule has 0 saturated carbocycles. The molecule has 2 aromatic carbocycles. The van der Waals surface area contributed by atoms with Crippen LogP contribution in [0.15, 0.2) is 47.3 Å². The first-order valence-corrected chi connectivity index (χ1v) is 7.40. The van der Waals surface area contributed by atoms with Gasteiger partial charge in [0.05, 0.1) is 23.1 Å². The summed E-state index contributed by atoms with van der Waals surface area (Å²) < 4.78 is 39.7. The summed E-state index contributed by atoms with van der Waals surface area (Å²) in [5.41, 5.74) is 0.422. The molecule has 0 saturated heterocycles. The summed E-state index contributed by atoms with van der Waals surface area (Å²) in [6, 6.07) is 9.77. The van der Waals surface area contributed by atoms with E-state index in [1.807, 2.05) is 0 Å². The molecule has 0 fully saturated rings. The van der Waals surface area contributed by atoms with Gasteiger partial charge in [0.2, 0.25) is 0 Å². The predicted molar refractivity (Wildman–Crippen MR) is 86.5 cm³/mol. The molecule has 0 bridgehead atoms. The largest absolute Gasteiger partial charge is 0.416 e. The zero-order valence-electron chi connectivity index (χ0n) is 13.1. The Morgan fingerprint density at radius 1 is 1.16 bits per heavy atom. The average Bonchev–Trinajstić information content (AvgIpc) is 2.89. The molecule has 3 rings (SSSR count). The monoisotopic (exact) mass is 349 g/mol. The van der Waals surface area contributed by atoms with E-state index in [-0.39, 0.29) is 18.0 Å². The summed E-state index contributed by atoms with van der Waals surface area (Å²) in [4.78, 5) is 26.0. The zero-order valence-corrected chi connectivity index (χ0v) is 13.1. The number of halogens is 3. The highest BCUT2D eigenvalue weighted by molar-refractivity contribution is 5.93. The molecule has 0 aliphatic rings. The lowest BCUT2D eigenvalue weighted by Crippen LogP contribution is -2.18. The van der Waals surface area contributed by atoms with E-state index in [2.05, 4.69) is 10.3 Å². The standard InChI is InChI=1S/C17H14F3N3O2/c1-21-15(24)11-4-2-10(3-5-11)9-23-14-7-6-12(17(18,19)20)8-13(14)22-16(23)25/h2-8H,9H2,1H3,(H,21,24)(H,22,25). The van der Waals surface area contributed by atoms with E-state index in [0.29, 0.717) is 11.1 Å². The van der Waals surface area contributed by atoms with E-state index in [1.54, 1.807) is 24.3 Å². The Hall–Kier alpha value is -3.03. The number of nitrogens with one attached hydrogen (secondary N) is 2. The van der Waals surface area contributed by atoms with Crippen LogP contribution >= 0.6 is 0 Å². The number of hydrogen-bond acceptors (Lipinski definition) is 2. The van der Waals surface area contributed by atoms with Crippen molar-refractivity contribution in [1.29, 1.82) is 0 Å². The first kappa shape index (κ1) is 16.8. The van der Waals surface area contributed by atoms with Crippen LogP contribution in [0, 0.1) is 0 Å². The van der Waals surface area contributed by atoms with Crippen molar-refractivity contribution in [1.82, 2.24) is 14.9 Å². The third kappa shape index (κ3) is 3.28. The van der Waals surface area contributed by atoms with Gasteiger partial charge in [-0.3, -0.25) is 9.36 Å². The lowest BCUT2D eigenvalue weighted by Gasteiger charge is -2.08. The van der Waals surface area contributed by atoms with Crippen LogP contribution in [0.2, 0.25) is 0 Å². The number of hydrogen-bond donors (Lipinski definition) is 2. The van der Waals surface area contributed by atoms with Crippen molar-refractivity contribution in [2.45, 2.75) is 12.7 Å². The predicted octanol–water partition coefficient (Wildman–Crippen LogP) is 2.76. The van der Waals surface area contributed by atoms with Gasteiger partial charge in [0, 0.05) is 12.6 Å². The summed E-state index contributed by atoms with van der Waals surface area (Å²) in [6.07, 6.45) is -4.47. The molecule has 0 spiro atoms. The molecule has 5 nitrogen and oxygen atoms in total. The smallest absolute Gasteiger partial charge is 0.355 e. The van der Waals surface area contributed by atoms with Gasteiger partial charge in [0.1, 0.15) is 0 Å². The van der Waals surface area contributed by atoms with Crippen molar-refractivity contribution in [3.63, 3.8) is 0 Å². The van der Waals surface area contributed by atoms with Crippen LogP contribution in [0.5, 0.6) is 0 Å². The van der Waals surface area contributed by atoms with Gasteiger partial charge in [-0.25, -0.2) is 4.79 Å². The highest BCUT2D eigenvalue weighted by Crippen LogP contribution is 2.30. The maximum absolute atomic E-state index is 12.8. The van der Waals surface area contributed by atoms with Crippen LogP contribution in [-0.4, -0.2) is 22.5 Å². The van der Waals surface area contributed by atoms with Crippen LogP contribution in [0.3, 0.4) is 0 Å². The number of amides is 1. The summed E-state index contributed by atoms with van der Waals surface area (Å²) in [6.45, 7) is 0.179. The average molecular weight is 349 g/mol. The Labute approximate surface area is 140 Å². The van der Waals surface area contributed by atoms with E-state index in [0.717, 1.165) is 17.7 Å². The van der Waals surface area contributed by atoms with Gasteiger partial charge in [-0.15, -0.1) is 0 Å².